The van der Waals surface area contributed by atoms with Gasteiger partial charge in [-0.1, -0.05) is 109 Å². The molecule has 1 aliphatic rings. The van der Waals surface area contributed by atoms with Crippen LogP contribution in [0.5, 0.6) is 11.5 Å². The number of allylic oxidation sites excluding steroid dienone is 2. The maximum Gasteiger partial charge on any atom is 0.130 e. The second-order valence-electron chi connectivity index (χ2n) is 10.4. The van der Waals surface area contributed by atoms with Gasteiger partial charge in [-0.3, -0.25) is 0 Å². The molecule has 0 radical (unpaired) electrons. The van der Waals surface area contributed by atoms with E-state index < -0.39 is 0 Å². The summed E-state index contributed by atoms with van der Waals surface area (Å²) in [4.78, 5) is 0. The van der Waals surface area contributed by atoms with Crippen LogP contribution < -0.4 is 0 Å². The van der Waals surface area contributed by atoms with Gasteiger partial charge in [-0.15, -0.1) is 0 Å². The molecule has 2 nitrogen and oxygen atoms in total. The summed E-state index contributed by atoms with van der Waals surface area (Å²) in [5.41, 5.74) is 8.55. The van der Waals surface area contributed by atoms with E-state index in [1.165, 1.54) is 16.7 Å². The van der Waals surface area contributed by atoms with Crippen molar-refractivity contribution in [1.29, 1.82) is 0 Å². The SMILES string of the molecule is CCCCCc1c(Cc2ccccc2)c(O)c(C2=C(CBr)CCC(C)C2)c(O)c1Cc1ccccc1. The van der Waals surface area contributed by atoms with Gasteiger partial charge in [0.25, 0.3) is 0 Å². The van der Waals surface area contributed by atoms with Crippen LogP contribution in [0.4, 0.5) is 0 Å². The third-order valence-corrected chi connectivity index (χ3v) is 8.31. The third kappa shape index (κ3) is 6.06. The van der Waals surface area contributed by atoms with Crippen molar-refractivity contribution in [3.8, 4) is 11.5 Å². The van der Waals surface area contributed by atoms with Crippen LogP contribution in [0.25, 0.3) is 5.57 Å². The highest BCUT2D eigenvalue weighted by molar-refractivity contribution is 9.09. The number of hydrogen-bond acceptors (Lipinski definition) is 2. The summed E-state index contributed by atoms with van der Waals surface area (Å²) in [6.07, 6.45) is 8.53. The number of hydrogen-bond donors (Lipinski definition) is 2. The lowest BCUT2D eigenvalue weighted by molar-refractivity contribution is 0.434. The minimum absolute atomic E-state index is 0.280. The van der Waals surface area contributed by atoms with Gasteiger partial charge in [0.2, 0.25) is 0 Å². The van der Waals surface area contributed by atoms with E-state index in [1.807, 2.05) is 12.1 Å². The molecule has 0 saturated carbocycles. The largest absolute Gasteiger partial charge is 0.507 e. The zero-order valence-corrected chi connectivity index (χ0v) is 23.3. The Morgan fingerprint density at radius 1 is 0.806 bits per heavy atom. The molecule has 36 heavy (non-hydrogen) atoms. The summed E-state index contributed by atoms with van der Waals surface area (Å²) < 4.78 is 0. The first-order valence-electron chi connectivity index (χ1n) is 13.5. The van der Waals surface area contributed by atoms with Crippen molar-refractivity contribution in [3.63, 3.8) is 0 Å². The third-order valence-electron chi connectivity index (χ3n) is 7.63. The molecule has 3 aromatic carbocycles. The van der Waals surface area contributed by atoms with Crippen LogP contribution in [-0.4, -0.2) is 15.5 Å². The molecule has 4 rings (SSSR count). The zero-order valence-electron chi connectivity index (χ0n) is 21.7. The van der Waals surface area contributed by atoms with Gasteiger partial charge in [-0.25, -0.2) is 0 Å². The van der Waals surface area contributed by atoms with Crippen molar-refractivity contribution in [2.45, 2.75) is 71.6 Å². The first kappa shape index (κ1) is 26.5. The highest BCUT2D eigenvalue weighted by Gasteiger charge is 2.29. The van der Waals surface area contributed by atoms with Crippen LogP contribution in [-0.2, 0) is 19.3 Å². The van der Waals surface area contributed by atoms with Gasteiger partial charge in [0, 0.05) is 29.3 Å². The Morgan fingerprint density at radius 3 is 1.86 bits per heavy atom. The second kappa shape index (κ2) is 12.6. The molecule has 3 aromatic rings. The van der Waals surface area contributed by atoms with E-state index in [1.54, 1.807) is 0 Å². The minimum Gasteiger partial charge on any atom is -0.507 e. The molecule has 0 amide bonds. The van der Waals surface area contributed by atoms with E-state index in [0.29, 0.717) is 24.3 Å². The molecule has 0 aromatic heterocycles. The smallest absolute Gasteiger partial charge is 0.130 e. The molecule has 2 N–H and O–H groups in total. The van der Waals surface area contributed by atoms with Crippen molar-refractivity contribution in [3.05, 3.63) is 99.6 Å². The summed E-state index contributed by atoms with van der Waals surface area (Å²) in [7, 11) is 0. The molecule has 0 bridgehead atoms. The van der Waals surface area contributed by atoms with Gasteiger partial charge >= 0.3 is 0 Å². The number of aromatic hydroxyl groups is 2. The molecule has 3 heteroatoms. The Labute approximate surface area is 225 Å². The minimum atomic E-state index is 0.280. The Morgan fingerprint density at radius 2 is 1.36 bits per heavy atom. The Balaban J connectivity index is 1.96. The molecule has 0 saturated heterocycles. The van der Waals surface area contributed by atoms with E-state index in [-0.39, 0.29) is 11.5 Å². The maximum absolute atomic E-state index is 11.9. The molecule has 1 aliphatic carbocycles. The van der Waals surface area contributed by atoms with Crippen molar-refractivity contribution in [2.75, 3.05) is 5.33 Å². The molecule has 1 unspecified atom stereocenters. The standard InChI is InChI=1S/C33H39BrO2/c1-3-4-7-16-27-29(20-24-12-8-5-9-13-24)32(35)31(28-19-23(2)17-18-26(28)22-34)33(36)30(27)21-25-14-10-6-11-15-25/h5-6,8-15,23,35-36H,3-4,7,16-22H2,1-2H3. The predicted molar refractivity (Wildman–Crippen MR) is 155 cm³/mol. The molecule has 0 heterocycles. The summed E-state index contributed by atoms with van der Waals surface area (Å²) >= 11 is 3.70. The van der Waals surface area contributed by atoms with Crippen LogP contribution >= 0.6 is 15.9 Å². The van der Waals surface area contributed by atoms with Crippen LogP contribution in [0.15, 0.2) is 66.2 Å². The van der Waals surface area contributed by atoms with Crippen molar-refractivity contribution < 1.29 is 10.2 Å². The van der Waals surface area contributed by atoms with E-state index in [2.05, 4.69) is 78.3 Å². The zero-order chi connectivity index (χ0) is 25.5. The fraction of sp³-hybridized carbons (Fsp3) is 0.394. The van der Waals surface area contributed by atoms with Gasteiger partial charge in [0.15, 0.2) is 0 Å². The molecule has 1 atom stereocenters. The number of alkyl halides is 1. The highest BCUT2D eigenvalue weighted by atomic mass is 79.9. The fourth-order valence-electron chi connectivity index (χ4n) is 5.59. The summed E-state index contributed by atoms with van der Waals surface area (Å²) in [6, 6.07) is 20.8. The van der Waals surface area contributed by atoms with E-state index in [4.69, 9.17) is 0 Å². The maximum atomic E-state index is 11.9. The first-order chi connectivity index (χ1) is 17.5. The van der Waals surface area contributed by atoms with Gasteiger partial charge < -0.3 is 10.2 Å². The van der Waals surface area contributed by atoms with Crippen molar-refractivity contribution >= 4 is 21.5 Å². The van der Waals surface area contributed by atoms with Gasteiger partial charge in [-0.2, -0.15) is 0 Å². The summed E-state index contributed by atoms with van der Waals surface area (Å²) in [6.45, 7) is 4.49. The van der Waals surface area contributed by atoms with E-state index in [0.717, 1.165) is 72.5 Å². The summed E-state index contributed by atoms with van der Waals surface area (Å²) in [5, 5.41) is 24.6. The van der Waals surface area contributed by atoms with E-state index >= 15 is 0 Å². The normalized spacial score (nSPS) is 15.9. The molecule has 190 valence electrons. The van der Waals surface area contributed by atoms with Crippen LogP contribution in [0.2, 0.25) is 0 Å². The monoisotopic (exact) mass is 546 g/mol. The average molecular weight is 548 g/mol. The Kier molecular flexibility index (Phi) is 9.31. The number of halogens is 1. The van der Waals surface area contributed by atoms with Gasteiger partial charge in [-0.05, 0) is 60.3 Å². The number of rotatable bonds is 10. The second-order valence-corrected chi connectivity index (χ2v) is 10.9. The topological polar surface area (TPSA) is 40.5 Å². The number of phenols is 2. The molecule has 0 spiro atoms. The van der Waals surface area contributed by atoms with Gasteiger partial charge in [0.05, 0.1) is 5.56 Å². The molecular formula is C33H39BrO2. The average Bonchev–Trinajstić information content (AvgIpc) is 2.90. The van der Waals surface area contributed by atoms with E-state index in [9.17, 15) is 10.2 Å². The van der Waals surface area contributed by atoms with Crippen LogP contribution in [0.1, 0.15) is 85.8 Å². The molecule has 0 aliphatic heterocycles. The lowest BCUT2D eigenvalue weighted by Gasteiger charge is -2.28. The predicted octanol–water partition coefficient (Wildman–Crippen LogP) is 8.98. The van der Waals surface area contributed by atoms with Crippen LogP contribution in [0, 0.1) is 5.92 Å². The van der Waals surface area contributed by atoms with Gasteiger partial charge in [0.1, 0.15) is 11.5 Å². The Bertz CT molecular complexity index is 1110. The van der Waals surface area contributed by atoms with Crippen LogP contribution in [0.3, 0.4) is 0 Å². The molecular weight excluding hydrogens is 508 g/mol. The first-order valence-corrected chi connectivity index (χ1v) is 14.6. The Hall–Kier alpha value is -2.52. The highest BCUT2D eigenvalue weighted by Crippen LogP contribution is 2.49. The fourth-order valence-corrected chi connectivity index (χ4v) is 6.21. The quantitative estimate of drug-likeness (QED) is 0.196. The lowest BCUT2D eigenvalue weighted by atomic mass is 9.78. The number of benzene rings is 3. The lowest BCUT2D eigenvalue weighted by Crippen LogP contribution is -2.12. The molecule has 0 fully saturated rings. The van der Waals surface area contributed by atoms with Crippen molar-refractivity contribution in [2.24, 2.45) is 5.92 Å². The van der Waals surface area contributed by atoms with Crippen molar-refractivity contribution in [1.82, 2.24) is 0 Å². The summed E-state index contributed by atoms with van der Waals surface area (Å²) in [5.74, 6) is 1.09. The number of unbranched alkanes of at least 4 members (excludes halogenated alkanes) is 2. The number of phenolic OH excluding ortho intramolecular Hbond substituents is 2.